The molecule has 2 aromatic heterocycles. The second-order valence-electron chi connectivity index (χ2n) is 6.62. The van der Waals surface area contributed by atoms with E-state index < -0.39 is 29.8 Å². The molecule has 0 bridgehead atoms. The normalized spacial score (nSPS) is 19.3. The molecule has 1 saturated heterocycles. The van der Waals surface area contributed by atoms with E-state index in [0.29, 0.717) is 11.4 Å². The molecule has 0 spiro atoms. The standard InChI is InChI=1S/C18H16F2N6O2/c19-11-4-9(3-10(5-11)16(21)27)14-6-12(20)8-25(14)15-1-2-26-18(24-15)13(7-23-26)17(22)28/h1-5,7,12,14H,6,8H2,(H2,21,27)(H2,22,28). The zero-order chi connectivity index (χ0) is 20.0. The minimum atomic E-state index is -1.18. The van der Waals surface area contributed by atoms with Crippen LogP contribution < -0.4 is 16.4 Å². The minimum Gasteiger partial charge on any atom is -0.366 e. The smallest absolute Gasteiger partial charge is 0.254 e. The lowest BCUT2D eigenvalue weighted by atomic mass is 10.0. The first-order valence-electron chi connectivity index (χ1n) is 8.48. The lowest BCUT2D eigenvalue weighted by Gasteiger charge is -2.26. The zero-order valence-electron chi connectivity index (χ0n) is 14.5. The van der Waals surface area contributed by atoms with Gasteiger partial charge in [0.05, 0.1) is 18.8 Å². The molecule has 8 nitrogen and oxygen atoms in total. The predicted molar refractivity (Wildman–Crippen MR) is 96.0 cm³/mol. The van der Waals surface area contributed by atoms with Gasteiger partial charge in [-0.05, 0) is 29.8 Å². The van der Waals surface area contributed by atoms with Crippen molar-refractivity contribution in [1.29, 1.82) is 0 Å². The Balaban J connectivity index is 1.78. The molecule has 1 aliphatic rings. The third-order valence-electron chi connectivity index (χ3n) is 4.75. The Bertz CT molecular complexity index is 1100. The number of hydrogen-bond acceptors (Lipinski definition) is 5. The fourth-order valence-electron chi connectivity index (χ4n) is 3.49. The van der Waals surface area contributed by atoms with Crippen LogP contribution in [0.1, 0.15) is 38.7 Å². The van der Waals surface area contributed by atoms with Gasteiger partial charge in [-0.25, -0.2) is 18.3 Å². The van der Waals surface area contributed by atoms with E-state index in [0.717, 1.165) is 6.07 Å². The summed E-state index contributed by atoms with van der Waals surface area (Å²) in [6.07, 6.45) is 1.80. The number of benzene rings is 1. The average Bonchev–Trinajstić information content (AvgIpc) is 3.24. The highest BCUT2D eigenvalue weighted by Gasteiger charge is 2.35. The summed E-state index contributed by atoms with van der Waals surface area (Å²) in [6, 6.07) is 4.79. The summed E-state index contributed by atoms with van der Waals surface area (Å²) in [7, 11) is 0. The SMILES string of the molecule is NC(=O)c1cc(F)cc(C2CC(F)CN2c2ccn3ncc(C(N)=O)c3n2)c1. The van der Waals surface area contributed by atoms with Gasteiger partial charge in [0.2, 0.25) is 5.91 Å². The van der Waals surface area contributed by atoms with Crippen molar-refractivity contribution < 1.29 is 18.4 Å². The maximum atomic E-state index is 14.3. The van der Waals surface area contributed by atoms with Gasteiger partial charge in [-0.2, -0.15) is 5.10 Å². The van der Waals surface area contributed by atoms with Gasteiger partial charge in [-0.15, -0.1) is 0 Å². The van der Waals surface area contributed by atoms with Crippen LogP contribution in [-0.4, -0.2) is 39.1 Å². The predicted octanol–water partition coefficient (Wildman–Crippen LogP) is 1.36. The Kier molecular flexibility index (Phi) is 4.17. The third kappa shape index (κ3) is 3.02. The molecule has 1 fully saturated rings. The van der Waals surface area contributed by atoms with E-state index in [1.165, 1.54) is 22.8 Å². The second-order valence-corrected chi connectivity index (χ2v) is 6.62. The summed E-state index contributed by atoms with van der Waals surface area (Å²) in [5, 5.41) is 4.00. The highest BCUT2D eigenvalue weighted by Crippen LogP contribution is 2.37. The molecule has 0 aliphatic carbocycles. The number of amides is 2. The molecule has 2 amide bonds. The van der Waals surface area contributed by atoms with E-state index >= 15 is 0 Å². The second kappa shape index (κ2) is 6.55. The molecular weight excluding hydrogens is 370 g/mol. The summed E-state index contributed by atoms with van der Waals surface area (Å²) in [4.78, 5) is 29.1. The Morgan fingerprint density at radius 1 is 1.18 bits per heavy atom. The molecular formula is C18H16F2N6O2. The van der Waals surface area contributed by atoms with Crippen molar-refractivity contribution in [2.75, 3.05) is 11.4 Å². The van der Waals surface area contributed by atoms with Gasteiger partial charge < -0.3 is 16.4 Å². The van der Waals surface area contributed by atoms with E-state index in [4.69, 9.17) is 11.5 Å². The molecule has 2 atom stereocenters. The number of alkyl halides is 1. The number of primary amides is 2. The molecule has 1 aliphatic heterocycles. The fraction of sp³-hybridized carbons (Fsp3) is 0.222. The van der Waals surface area contributed by atoms with Gasteiger partial charge in [0.25, 0.3) is 5.91 Å². The van der Waals surface area contributed by atoms with Crippen molar-refractivity contribution in [3.63, 3.8) is 0 Å². The van der Waals surface area contributed by atoms with Crippen molar-refractivity contribution in [2.45, 2.75) is 18.6 Å². The van der Waals surface area contributed by atoms with Crippen LogP contribution in [0, 0.1) is 5.82 Å². The van der Waals surface area contributed by atoms with E-state index in [9.17, 15) is 18.4 Å². The Labute approximate surface area is 157 Å². The molecule has 4 N–H and O–H groups in total. The van der Waals surface area contributed by atoms with Gasteiger partial charge in [-0.1, -0.05) is 0 Å². The summed E-state index contributed by atoms with van der Waals surface area (Å²) >= 11 is 0. The number of carbonyl (C=O) groups excluding carboxylic acids is 2. The van der Waals surface area contributed by atoms with Gasteiger partial charge in [0, 0.05) is 18.2 Å². The van der Waals surface area contributed by atoms with Crippen molar-refractivity contribution in [2.24, 2.45) is 11.5 Å². The highest BCUT2D eigenvalue weighted by atomic mass is 19.1. The summed E-state index contributed by atoms with van der Waals surface area (Å²) in [5.74, 6) is -1.71. The average molecular weight is 386 g/mol. The number of anilines is 1. The van der Waals surface area contributed by atoms with Crippen LogP contribution in [0.4, 0.5) is 14.6 Å². The highest BCUT2D eigenvalue weighted by molar-refractivity contribution is 5.98. The minimum absolute atomic E-state index is 0.00692. The van der Waals surface area contributed by atoms with E-state index in [1.54, 1.807) is 17.2 Å². The molecule has 10 heteroatoms. The van der Waals surface area contributed by atoms with Gasteiger partial charge in [0.1, 0.15) is 23.4 Å². The number of carbonyl (C=O) groups is 2. The number of halogens is 2. The molecule has 0 saturated carbocycles. The first kappa shape index (κ1) is 17.8. The Morgan fingerprint density at radius 3 is 2.68 bits per heavy atom. The first-order chi connectivity index (χ1) is 13.3. The lowest BCUT2D eigenvalue weighted by Crippen LogP contribution is -2.25. The number of aromatic nitrogens is 3. The Morgan fingerprint density at radius 2 is 1.96 bits per heavy atom. The van der Waals surface area contributed by atoms with Crippen LogP contribution in [0.25, 0.3) is 5.65 Å². The van der Waals surface area contributed by atoms with Crippen LogP contribution in [0.5, 0.6) is 0 Å². The largest absolute Gasteiger partial charge is 0.366 e. The summed E-state index contributed by atoms with van der Waals surface area (Å²) < 4.78 is 29.6. The number of nitrogens with zero attached hydrogens (tertiary/aromatic N) is 4. The van der Waals surface area contributed by atoms with Crippen molar-refractivity contribution in [3.8, 4) is 0 Å². The molecule has 0 radical (unpaired) electrons. The number of nitrogens with two attached hydrogens (primary N) is 2. The van der Waals surface area contributed by atoms with Crippen molar-refractivity contribution in [3.05, 3.63) is 59.2 Å². The monoisotopic (exact) mass is 386 g/mol. The molecule has 3 aromatic rings. The van der Waals surface area contributed by atoms with Gasteiger partial charge >= 0.3 is 0 Å². The van der Waals surface area contributed by atoms with Crippen LogP contribution in [0.15, 0.2) is 36.7 Å². The maximum Gasteiger partial charge on any atom is 0.254 e. The molecule has 28 heavy (non-hydrogen) atoms. The zero-order valence-corrected chi connectivity index (χ0v) is 14.5. The number of fused-ring (bicyclic) bond motifs is 1. The molecule has 144 valence electrons. The topological polar surface area (TPSA) is 120 Å². The van der Waals surface area contributed by atoms with E-state index in [-0.39, 0.29) is 29.7 Å². The van der Waals surface area contributed by atoms with Crippen LogP contribution >= 0.6 is 0 Å². The van der Waals surface area contributed by atoms with Gasteiger partial charge in [-0.3, -0.25) is 9.59 Å². The summed E-state index contributed by atoms with van der Waals surface area (Å²) in [6.45, 7) is 0.0241. The van der Waals surface area contributed by atoms with E-state index in [1.807, 2.05) is 0 Å². The van der Waals surface area contributed by atoms with Crippen molar-refractivity contribution in [1.82, 2.24) is 14.6 Å². The summed E-state index contributed by atoms with van der Waals surface area (Å²) in [5.41, 5.74) is 11.4. The number of hydrogen-bond donors (Lipinski definition) is 2. The quantitative estimate of drug-likeness (QED) is 0.702. The maximum absolute atomic E-state index is 14.3. The van der Waals surface area contributed by atoms with E-state index in [2.05, 4.69) is 10.1 Å². The number of rotatable bonds is 4. The Hall–Kier alpha value is -3.56. The molecule has 4 rings (SSSR count). The molecule has 1 aromatic carbocycles. The van der Waals surface area contributed by atoms with Crippen LogP contribution in [-0.2, 0) is 0 Å². The lowest BCUT2D eigenvalue weighted by molar-refractivity contribution is 0.0992. The van der Waals surface area contributed by atoms with Gasteiger partial charge in [0.15, 0.2) is 5.65 Å². The first-order valence-corrected chi connectivity index (χ1v) is 8.48. The molecule has 3 heterocycles. The molecule has 2 unspecified atom stereocenters. The van der Waals surface area contributed by atoms with Crippen LogP contribution in [0.3, 0.4) is 0 Å². The third-order valence-corrected chi connectivity index (χ3v) is 4.75. The van der Waals surface area contributed by atoms with Crippen LogP contribution in [0.2, 0.25) is 0 Å². The van der Waals surface area contributed by atoms with Crippen molar-refractivity contribution >= 4 is 23.3 Å². The fourth-order valence-corrected chi connectivity index (χ4v) is 3.49.